The van der Waals surface area contributed by atoms with Crippen LogP contribution in [-0.4, -0.2) is 48.1 Å². The Hall–Kier alpha value is -1.64. The molecule has 3 N–H and O–H groups in total. The number of carboxylic acids is 1. The van der Waals surface area contributed by atoms with E-state index in [1.54, 1.807) is 12.1 Å². The zero-order chi connectivity index (χ0) is 15.6. The van der Waals surface area contributed by atoms with Crippen molar-refractivity contribution < 1.29 is 28.5 Å². The average molecular weight is 315 g/mol. The van der Waals surface area contributed by atoms with Crippen LogP contribution in [-0.2, 0) is 14.8 Å². The summed E-state index contributed by atoms with van der Waals surface area (Å²) >= 11 is 0. The predicted octanol–water partition coefficient (Wildman–Crippen LogP) is 0.0955. The van der Waals surface area contributed by atoms with Crippen LogP contribution < -0.4 is 4.31 Å². The zero-order valence-corrected chi connectivity index (χ0v) is 12.0. The van der Waals surface area contributed by atoms with Crippen molar-refractivity contribution >= 4 is 21.7 Å². The fraction of sp³-hybridized carbons (Fsp3) is 0.462. The summed E-state index contributed by atoms with van der Waals surface area (Å²) in [4.78, 5) is 10.5. The Balaban J connectivity index is 2.23. The Kier molecular flexibility index (Phi) is 4.50. The van der Waals surface area contributed by atoms with Crippen LogP contribution in [0.4, 0.5) is 5.69 Å². The lowest BCUT2D eigenvalue weighted by Gasteiger charge is -2.21. The first-order chi connectivity index (χ1) is 9.81. The summed E-state index contributed by atoms with van der Waals surface area (Å²) in [6, 6.07) is 6.14. The topological polar surface area (TPSA) is 115 Å². The molecule has 1 saturated heterocycles. The van der Waals surface area contributed by atoms with E-state index in [1.807, 2.05) is 0 Å². The molecule has 2 rings (SSSR count). The van der Waals surface area contributed by atoms with Crippen molar-refractivity contribution in [1.29, 1.82) is 0 Å². The van der Waals surface area contributed by atoms with Gasteiger partial charge in [0, 0.05) is 6.54 Å². The molecule has 21 heavy (non-hydrogen) atoms. The second-order valence-corrected chi connectivity index (χ2v) is 6.96. The van der Waals surface area contributed by atoms with Gasteiger partial charge in [0.05, 0.1) is 24.0 Å². The third-order valence-electron chi connectivity index (χ3n) is 3.35. The third kappa shape index (κ3) is 3.52. The fourth-order valence-corrected chi connectivity index (χ4v) is 3.86. The summed E-state index contributed by atoms with van der Waals surface area (Å²) in [7, 11) is -3.33. The van der Waals surface area contributed by atoms with Gasteiger partial charge in [0.15, 0.2) is 0 Å². The summed E-state index contributed by atoms with van der Waals surface area (Å²) in [6.45, 7) is 0.375. The molecule has 0 radical (unpaired) electrons. The molecule has 1 aromatic carbocycles. The molecule has 1 heterocycles. The molecule has 1 aliphatic rings. The van der Waals surface area contributed by atoms with Gasteiger partial charge in [-0.15, -0.1) is 0 Å². The lowest BCUT2D eigenvalue weighted by atomic mass is 10.0. The third-order valence-corrected chi connectivity index (χ3v) is 5.22. The monoisotopic (exact) mass is 315 g/mol. The molecular formula is C13H17NO6S. The minimum atomic E-state index is -3.33. The van der Waals surface area contributed by atoms with E-state index in [0.29, 0.717) is 18.7 Å². The van der Waals surface area contributed by atoms with Crippen molar-refractivity contribution in [2.75, 3.05) is 16.6 Å². The highest BCUT2D eigenvalue weighted by atomic mass is 32.2. The van der Waals surface area contributed by atoms with Crippen molar-refractivity contribution in [2.45, 2.75) is 25.0 Å². The maximum atomic E-state index is 11.9. The lowest BCUT2D eigenvalue weighted by molar-refractivity contribution is -0.141. The number of anilines is 1. The molecule has 0 aromatic heterocycles. The van der Waals surface area contributed by atoms with E-state index in [2.05, 4.69) is 0 Å². The highest BCUT2D eigenvalue weighted by Gasteiger charge is 2.29. The van der Waals surface area contributed by atoms with Crippen molar-refractivity contribution in [2.24, 2.45) is 0 Å². The molecule has 116 valence electrons. The van der Waals surface area contributed by atoms with Crippen LogP contribution in [0.25, 0.3) is 0 Å². The largest absolute Gasteiger partial charge is 0.481 e. The van der Waals surface area contributed by atoms with Crippen molar-refractivity contribution in [1.82, 2.24) is 0 Å². The lowest BCUT2D eigenvalue weighted by Crippen LogP contribution is -2.26. The molecule has 0 spiro atoms. The Labute approximate surface area is 122 Å². The van der Waals surface area contributed by atoms with E-state index in [4.69, 9.17) is 5.11 Å². The summed E-state index contributed by atoms with van der Waals surface area (Å²) in [5.41, 5.74) is 0.690. The van der Waals surface area contributed by atoms with E-state index >= 15 is 0 Å². The number of sulfonamides is 1. The van der Waals surface area contributed by atoms with Gasteiger partial charge in [0.25, 0.3) is 0 Å². The normalized spacial score (nSPS) is 20.2. The molecule has 0 bridgehead atoms. The minimum Gasteiger partial charge on any atom is -0.481 e. The Morgan fingerprint density at radius 3 is 2.62 bits per heavy atom. The van der Waals surface area contributed by atoms with Crippen LogP contribution in [0.2, 0.25) is 0 Å². The average Bonchev–Trinajstić information content (AvgIpc) is 2.77. The number of aliphatic hydroxyl groups is 2. The van der Waals surface area contributed by atoms with Crippen LogP contribution in [0.5, 0.6) is 0 Å². The summed E-state index contributed by atoms with van der Waals surface area (Å²) in [5.74, 6) is -1.14. The van der Waals surface area contributed by atoms with Crippen LogP contribution >= 0.6 is 0 Å². The van der Waals surface area contributed by atoms with Crippen LogP contribution in [0.3, 0.4) is 0 Å². The smallest absolute Gasteiger partial charge is 0.306 e. The first-order valence-corrected chi connectivity index (χ1v) is 8.10. The van der Waals surface area contributed by atoms with Gasteiger partial charge in [-0.25, -0.2) is 8.42 Å². The Bertz CT molecular complexity index is 629. The fourth-order valence-electron chi connectivity index (χ4n) is 2.31. The van der Waals surface area contributed by atoms with Crippen LogP contribution in [0, 0.1) is 0 Å². The minimum absolute atomic E-state index is 0.0847. The maximum absolute atomic E-state index is 11.9. The number of hydrogen-bond acceptors (Lipinski definition) is 5. The molecule has 1 aromatic rings. The van der Waals surface area contributed by atoms with Crippen LogP contribution in [0.1, 0.15) is 24.5 Å². The van der Waals surface area contributed by atoms with E-state index in [0.717, 1.165) is 0 Å². The number of aliphatic hydroxyl groups excluding tert-OH is 2. The number of hydrogen-bond donors (Lipinski definition) is 3. The van der Waals surface area contributed by atoms with Gasteiger partial charge < -0.3 is 15.3 Å². The summed E-state index contributed by atoms with van der Waals surface area (Å²) in [5, 5.41) is 28.2. The van der Waals surface area contributed by atoms with Gasteiger partial charge in [-0.1, -0.05) is 12.1 Å². The predicted molar refractivity (Wildman–Crippen MR) is 75.4 cm³/mol. The first kappa shape index (κ1) is 15.7. The molecule has 7 nitrogen and oxygen atoms in total. The Morgan fingerprint density at radius 1 is 1.33 bits per heavy atom. The van der Waals surface area contributed by atoms with Gasteiger partial charge in [-0.2, -0.15) is 0 Å². The molecular weight excluding hydrogens is 298 g/mol. The van der Waals surface area contributed by atoms with E-state index in [1.165, 1.54) is 16.4 Å². The van der Waals surface area contributed by atoms with Gasteiger partial charge in [0.1, 0.15) is 6.10 Å². The number of rotatable bonds is 5. The van der Waals surface area contributed by atoms with Crippen molar-refractivity contribution in [3.05, 3.63) is 29.8 Å². The number of carbonyl (C=O) groups is 1. The molecule has 0 saturated carbocycles. The van der Waals surface area contributed by atoms with Gasteiger partial charge >= 0.3 is 5.97 Å². The highest BCUT2D eigenvalue weighted by molar-refractivity contribution is 7.93. The summed E-state index contributed by atoms with van der Waals surface area (Å²) in [6.07, 6.45) is -2.89. The molecule has 2 unspecified atom stereocenters. The number of benzene rings is 1. The second-order valence-electron chi connectivity index (χ2n) is 4.95. The maximum Gasteiger partial charge on any atom is 0.306 e. The van der Waals surface area contributed by atoms with Gasteiger partial charge in [-0.05, 0) is 24.1 Å². The number of nitrogens with zero attached hydrogens (tertiary/aromatic N) is 1. The summed E-state index contributed by atoms with van der Waals surface area (Å²) < 4.78 is 25.0. The molecule has 2 atom stereocenters. The standard InChI is InChI=1S/C13H17NO6S/c15-11(8-12(16)17)13(18)9-3-1-4-10(7-9)14-5-2-6-21(14,19)20/h1,3-4,7,11,13,15,18H,2,5-6,8H2,(H,16,17). The molecule has 1 fully saturated rings. The van der Waals surface area contributed by atoms with E-state index in [-0.39, 0.29) is 11.3 Å². The van der Waals surface area contributed by atoms with Gasteiger partial charge in [-0.3, -0.25) is 9.10 Å². The zero-order valence-electron chi connectivity index (χ0n) is 11.2. The SMILES string of the molecule is O=C(O)CC(O)C(O)c1cccc(N2CCCS2(=O)=O)c1. The molecule has 1 aliphatic heterocycles. The number of aliphatic carboxylic acids is 1. The van der Waals surface area contributed by atoms with Crippen molar-refractivity contribution in [3.63, 3.8) is 0 Å². The molecule has 0 aliphatic carbocycles. The van der Waals surface area contributed by atoms with E-state index in [9.17, 15) is 23.4 Å². The highest BCUT2D eigenvalue weighted by Crippen LogP contribution is 2.28. The van der Waals surface area contributed by atoms with Crippen LogP contribution in [0.15, 0.2) is 24.3 Å². The molecule has 0 amide bonds. The molecule has 8 heteroatoms. The number of carboxylic acid groups (broad SMARTS) is 1. The quantitative estimate of drug-likeness (QED) is 0.709. The Morgan fingerprint density at radius 2 is 2.05 bits per heavy atom. The first-order valence-electron chi connectivity index (χ1n) is 6.49. The van der Waals surface area contributed by atoms with Gasteiger partial charge in [0.2, 0.25) is 10.0 Å². The van der Waals surface area contributed by atoms with E-state index < -0.39 is 34.6 Å². The second kappa shape index (κ2) is 6.00. The van der Waals surface area contributed by atoms with Crippen molar-refractivity contribution in [3.8, 4) is 0 Å².